The summed E-state index contributed by atoms with van der Waals surface area (Å²) in [5.74, 6) is 1.29. The smallest absolute Gasteiger partial charge is 0.307 e. The first-order valence-electron chi connectivity index (χ1n) is 6.43. The first kappa shape index (κ1) is 11.7. The van der Waals surface area contributed by atoms with Gasteiger partial charge < -0.3 is 4.74 Å². The molecule has 2 unspecified atom stereocenters. The molecule has 0 aliphatic heterocycles. The fourth-order valence-electron chi connectivity index (χ4n) is 4.17. The van der Waals surface area contributed by atoms with Crippen molar-refractivity contribution in [3.8, 4) is 0 Å². The van der Waals surface area contributed by atoms with E-state index >= 15 is 0 Å². The molecule has 0 saturated heterocycles. The Bertz CT molecular complexity index is 348. The topological polar surface area (TPSA) is 43.4 Å². The van der Waals surface area contributed by atoms with Gasteiger partial charge in [-0.2, -0.15) is 0 Å². The Labute approximate surface area is 109 Å². The van der Waals surface area contributed by atoms with Gasteiger partial charge in [0.15, 0.2) is 0 Å². The average molecular weight is 301 g/mol. The minimum absolute atomic E-state index is 0.115. The van der Waals surface area contributed by atoms with Crippen molar-refractivity contribution in [1.82, 2.24) is 0 Å². The molecule has 3 nitrogen and oxygen atoms in total. The monoisotopic (exact) mass is 300 g/mol. The van der Waals surface area contributed by atoms with Crippen molar-refractivity contribution in [2.45, 2.75) is 44.1 Å². The molecule has 0 heterocycles. The molecule has 4 aliphatic carbocycles. The van der Waals surface area contributed by atoms with Gasteiger partial charge in [0.1, 0.15) is 11.4 Å². The zero-order valence-electron chi connectivity index (χ0n) is 9.78. The van der Waals surface area contributed by atoms with Gasteiger partial charge >= 0.3 is 5.97 Å². The van der Waals surface area contributed by atoms with Gasteiger partial charge in [-0.15, -0.1) is 0 Å². The van der Waals surface area contributed by atoms with Crippen LogP contribution in [0.3, 0.4) is 0 Å². The van der Waals surface area contributed by atoms with E-state index < -0.39 is 0 Å². The normalized spacial score (nSPS) is 42.9. The number of carbonyl (C=O) groups excluding carboxylic acids is 2. The molecule has 2 atom stereocenters. The lowest BCUT2D eigenvalue weighted by molar-refractivity contribution is -0.189. The summed E-state index contributed by atoms with van der Waals surface area (Å²) in [6.07, 6.45) is 5.05. The van der Waals surface area contributed by atoms with E-state index in [0.717, 1.165) is 32.1 Å². The van der Waals surface area contributed by atoms with Gasteiger partial charge in [0.05, 0.1) is 6.42 Å². The van der Waals surface area contributed by atoms with Crippen LogP contribution in [0.5, 0.6) is 0 Å². The van der Waals surface area contributed by atoms with E-state index in [-0.39, 0.29) is 23.4 Å². The largest absolute Gasteiger partial charge is 0.459 e. The van der Waals surface area contributed by atoms with Crippen LogP contribution < -0.4 is 0 Å². The highest BCUT2D eigenvalue weighted by molar-refractivity contribution is 9.09. The van der Waals surface area contributed by atoms with Crippen LogP contribution in [0.1, 0.15) is 38.5 Å². The van der Waals surface area contributed by atoms with E-state index in [4.69, 9.17) is 4.74 Å². The molecule has 17 heavy (non-hydrogen) atoms. The van der Waals surface area contributed by atoms with Crippen molar-refractivity contribution >= 4 is 27.7 Å². The highest BCUT2D eigenvalue weighted by atomic mass is 79.9. The number of alkyl halides is 1. The molecule has 4 aliphatic rings. The maximum atomic E-state index is 12.0. The summed E-state index contributed by atoms with van der Waals surface area (Å²) >= 11 is 3.26. The van der Waals surface area contributed by atoms with Gasteiger partial charge in [0, 0.05) is 17.2 Å². The van der Waals surface area contributed by atoms with Crippen molar-refractivity contribution in [2.75, 3.05) is 5.33 Å². The highest BCUT2D eigenvalue weighted by Crippen LogP contribution is 2.55. The van der Waals surface area contributed by atoms with Gasteiger partial charge in [-0.25, -0.2) is 0 Å². The van der Waals surface area contributed by atoms with Crippen molar-refractivity contribution in [3.05, 3.63) is 0 Å². The fraction of sp³-hybridized carbons (Fsp3) is 0.846. The number of Topliss-reactive ketones (excluding diaryl/α,β-unsaturated/α-hetero) is 1. The molecule has 4 rings (SSSR count). The Morgan fingerprint density at radius 3 is 2.53 bits per heavy atom. The molecule has 0 amide bonds. The molecule has 0 aromatic heterocycles. The van der Waals surface area contributed by atoms with Crippen molar-refractivity contribution in [1.29, 1.82) is 0 Å². The summed E-state index contributed by atoms with van der Waals surface area (Å²) in [5, 5.41) is 0.650. The van der Waals surface area contributed by atoms with E-state index in [2.05, 4.69) is 15.9 Å². The number of ether oxygens (including phenoxy) is 1. The summed E-state index contributed by atoms with van der Waals surface area (Å²) in [6, 6.07) is 0. The molecule has 4 bridgehead atoms. The van der Waals surface area contributed by atoms with Gasteiger partial charge in [0.25, 0.3) is 0 Å². The number of halogens is 1. The number of ketones is 1. The molecular weight excluding hydrogens is 284 g/mol. The van der Waals surface area contributed by atoms with Crippen molar-refractivity contribution in [3.63, 3.8) is 0 Å². The third-order valence-electron chi connectivity index (χ3n) is 4.57. The van der Waals surface area contributed by atoms with Crippen molar-refractivity contribution < 1.29 is 14.3 Å². The maximum Gasteiger partial charge on any atom is 0.307 e. The summed E-state index contributed by atoms with van der Waals surface area (Å²) in [4.78, 5) is 23.7. The molecular formula is C13H17BrO3. The van der Waals surface area contributed by atoms with Crippen LogP contribution in [0.2, 0.25) is 0 Å². The molecule has 0 N–H and O–H groups in total. The highest BCUT2D eigenvalue weighted by Gasteiger charge is 2.56. The van der Waals surface area contributed by atoms with E-state index in [9.17, 15) is 9.59 Å². The third kappa shape index (κ3) is 1.94. The third-order valence-corrected chi connectivity index (χ3v) is 4.96. The Hall–Kier alpha value is -0.380. The molecule has 0 aromatic carbocycles. The second-order valence-corrected chi connectivity index (χ2v) is 6.64. The van der Waals surface area contributed by atoms with Crippen LogP contribution in [-0.4, -0.2) is 22.7 Å². The van der Waals surface area contributed by atoms with E-state index in [0.29, 0.717) is 23.5 Å². The number of esters is 1. The summed E-state index contributed by atoms with van der Waals surface area (Å²) in [7, 11) is 0. The second-order valence-electron chi connectivity index (χ2n) is 5.84. The second kappa shape index (κ2) is 4.08. The molecule has 0 aromatic rings. The Balaban J connectivity index is 1.76. The Morgan fingerprint density at radius 2 is 1.94 bits per heavy atom. The number of carbonyl (C=O) groups is 2. The summed E-state index contributed by atoms with van der Waals surface area (Å²) in [6.45, 7) is 0. The first-order chi connectivity index (χ1) is 8.12. The van der Waals surface area contributed by atoms with Crippen molar-refractivity contribution in [2.24, 2.45) is 17.8 Å². The minimum Gasteiger partial charge on any atom is -0.459 e. The zero-order chi connectivity index (χ0) is 12.0. The molecule has 0 spiro atoms. The summed E-state index contributed by atoms with van der Waals surface area (Å²) in [5.41, 5.74) is -0.288. The SMILES string of the molecule is O=C(CCBr)OC12CC3CC(C1)C(=O)C(C3)C2. The van der Waals surface area contributed by atoms with Crippen LogP contribution in [-0.2, 0) is 14.3 Å². The van der Waals surface area contributed by atoms with E-state index in [1.807, 2.05) is 0 Å². The van der Waals surface area contributed by atoms with E-state index in [1.165, 1.54) is 0 Å². The number of rotatable bonds is 3. The Kier molecular flexibility index (Phi) is 2.80. The van der Waals surface area contributed by atoms with Gasteiger partial charge in [-0.05, 0) is 38.0 Å². The van der Waals surface area contributed by atoms with E-state index in [1.54, 1.807) is 0 Å². The Morgan fingerprint density at radius 1 is 1.29 bits per heavy atom. The standard InChI is InChI=1S/C13H17BrO3/c14-2-1-11(15)17-13-5-8-3-9(6-13)12(16)10(4-8)7-13/h8-10H,1-7H2. The lowest BCUT2D eigenvalue weighted by Gasteiger charge is -2.54. The van der Waals surface area contributed by atoms with Crippen LogP contribution in [0, 0.1) is 17.8 Å². The fourth-order valence-corrected chi connectivity index (χ4v) is 4.49. The molecule has 4 saturated carbocycles. The van der Waals surface area contributed by atoms with Gasteiger partial charge in [0.2, 0.25) is 0 Å². The van der Waals surface area contributed by atoms with Crippen LogP contribution in [0.4, 0.5) is 0 Å². The van der Waals surface area contributed by atoms with Crippen LogP contribution >= 0.6 is 15.9 Å². The van der Waals surface area contributed by atoms with Gasteiger partial charge in [-0.3, -0.25) is 9.59 Å². The molecule has 0 radical (unpaired) electrons. The zero-order valence-corrected chi connectivity index (χ0v) is 11.4. The molecule has 4 fully saturated rings. The number of hydrogen-bond acceptors (Lipinski definition) is 3. The summed E-state index contributed by atoms with van der Waals surface area (Å²) < 4.78 is 5.72. The van der Waals surface area contributed by atoms with Gasteiger partial charge in [-0.1, -0.05) is 15.9 Å². The lowest BCUT2D eigenvalue weighted by atomic mass is 9.53. The van der Waals surface area contributed by atoms with Crippen LogP contribution in [0.25, 0.3) is 0 Å². The predicted octanol–water partition coefficient (Wildman–Crippen LogP) is 2.46. The first-order valence-corrected chi connectivity index (χ1v) is 7.55. The molecule has 94 valence electrons. The average Bonchev–Trinajstić information content (AvgIpc) is 2.24. The minimum atomic E-state index is -0.288. The quantitative estimate of drug-likeness (QED) is 0.594. The number of hydrogen-bond donors (Lipinski definition) is 0. The predicted molar refractivity (Wildman–Crippen MR) is 65.8 cm³/mol. The lowest BCUT2D eigenvalue weighted by Crippen LogP contribution is -2.56. The van der Waals surface area contributed by atoms with Crippen LogP contribution in [0.15, 0.2) is 0 Å². The maximum absolute atomic E-state index is 12.0. The molecule has 4 heteroatoms.